The first-order valence-electron chi connectivity index (χ1n) is 10.3. The third-order valence-electron chi connectivity index (χ3n) is 5.37. The van der Waals surface area contributed by atoms with Gasteiger partial charge in [0.15, 0.2) is 5.76 Å². The number of rotatable bonds is 7. The highest BCUT2D eigenvalue weighted by Crippen LogP contribution is 2.29. The molecule has 9 nitrogen and oxygen atoms in total. The van der Waals surface area contributed by atoms with Gasteiger partial charge < -0.3 is 18.7 Å². The predicted octanol–water partition coefficient (Wildman–Crippen LogP) is 2.98. The van der Waals surface area contributed by atoms with Gasteiger partial charge in [-0.3, -0.25) is 9.59 Å². The number of imidazole rings is 1. The lowest BCUT2D eigenvalue weighted by atomic mass is 9.93. The summed E-state index contributed by atoms with van der Waals surface area (Å²) in [5.41, 5.74) is 5.32. The molecule has 9 heteroatoms. The molecular weight excluding hydrogens is 398 g/mol. The summed E-state index contributed by atoms with van der Waals surface area (Å²) in [5.74, 6) is 1.00. The summed E-state index contributed by atoms with van der Waals surface area (Å²) >= 11 is 0. The van der Waals surface area contributed by atoms with Crippen molar-refractivity contribution in [2.45, 2.75) is 46.1 Å². The molecule has 4 rings (SSSR count). The Morgan fingerprint density at radius 2 is 2.13 bits per heavy atom. The molecule has 3 aromatic rings. The van der Waals surface area contributed by atoms with Crippen LogP contribution in [0.2, 0.25) is 0 Å². The van der Waals surface area contributed by atoms with Gasteiger partial charge in [-0.15, -0.1) is 0 Å². The van der Waals surface area contributed by atoms with E-state index in [9.17, 15) is 9.59 Å². The molecule has 0 unspecified atom stereocenters. The highest BCUT2D eigenvalue weighted by molar-refractivity contribution is 6.07. The molecule has 0 bridgehead atoms. The Hall–Kier alpha value is -3.62. The number of carbonyl (C=O) groups excluding carboxylic acids is 2. The summed E-state index contributed by atoms with van der Waals surface area (Å²) in [7, 11) is 0. The Labute approximate surface area is 179 Å². The van der Waals surface area contributed by atoms with Crippen LogP contribution in [0, 0.1) is 13.8 Å². The minimum atomic E-state index is -0.331. The maximum atomic E-state index is 12.7. The third kappa shape index (κ3) is 4.45. The fourth-order valence-corrected chi connectivity index (χ4v) is 3.76. The number of hydrogen-bond acceptors (Lipinski definition) is 6. The van der Waals surface area contributed by atoms with Gasteiger partial charge in [0, 0.05) is 43.0 Å². The average Bonchev–Trinajstić information content (AvgIpc) is 3.50. The van der Waals surface area contributed by atoms with Crippen LogP contribution in [0.15, 0.2) is 45.0 Å². The van der Waals surface area contributed by atoms with Crippen molar-refractivity contribution in [2.75, 3.05) is 6.54 Å². The summed E-state index contributed by atoms with van der Waals surface area (Å²) in [6.07, 6.45) is 9.89. The number of hydrazone groups is 1. The summed E-state index contributed by atoms with van der Waals surface area (Å²) < 4.78 is 13.0. The molecule has 3 aromatic heterocycles. The predicted molar refractivity (Wildman–Crippen MR) is 113 cm³/mol. The van der Waals surface area contributed by atoms with Gasteiger partial charge in [0.1, 0.15) is 11.5 Å². The Morgan fingerprint density at radius 3 is 2.87 bits per heavy atom. The normalized spacial score (nSPS) is 14.5. The highest BCUT2D eigenvalue weighted by atomic mass is 16.4. The van der Waals surface area contributed by atoms with Crippen LogP contribution >= 0.6 is 0 Å². The van der Waals surface area contributed by atoms with E-state index < -0.39 is 0 Å². The van der Waals surface area contributed by atoms with Crippen molar-refractivity contribution >= 4 is 17.5 Å². The lowest BCUT2D eigenvalue weighted by Gasteiger charge is -2.13. The highest BCUT2D eigenvalue weighted by Gasteiger charge is 2.28. The number of hydrogen-bond donors (Lipinski definition) is 2. The van der Waals surface area contributed by atoms with E-state index in [1.807, 2.05) is 17.7 Å². The molecule has 1 aliphatic rings. The van der Waals surface area contributed by atoms with Crippen molar-refractivity contribution < 1.29 is 18.4 Å². The molecule has 0 radical (unpaired) electrons. The van der Waals surface area contributed by atoms with Crippen molar-refractivity contribution in [3.05, 3.63) is 65.0 Å². The molecule has 0 atom stereocenters. The molecule has 0 saturated heterocycles. The number of fused-ring (bicyclic) bond motifs is 1. The zero-order chi connectivity index (χ0) is 21.8. The van der Waals surface area contributed by atoms with Gasteiger partial charge >= 0.3 is 0 Å². The van der Waals surface area contributed by atoms with Crippen LogP contribution in [-0.4, -0.2) is 33.6 Å². The lowest BCUT2D eigenvalue weighted by Crippen LogP contribution is -2.25. The molecule has 0 fully saturated rings. The molecule has 1 aliphatic carbocycles. The SMILES string of the molecule is Cc1occc1C(=O)N/N=C1\CCCc2oc(C(=O)NCCCn3ccnc3)c(C)c21. The number of carbonyl (C=O) groups is 2. The zero-order valence-corrected chi connectivity index (χ0v) is 17.6. The first-order chi connectivity index (χ1) is 15.0. The summed E-state index contributed by atoms with van der Waals surface area (Å²) in [6, 6.07) is 1.61. The summed E-state index contributed by atoms with van der Waals surface area (Å²) in [5, 5.41) is 7.25. The van der Waals surface area contributed by atoms with Crippen molar-refractivity contribution in [2.24, 2.45) is 5.10 Å². The van der Waals surface area contributed by atoms with E-state index in [1.165, 1.54) is 6.26 Å². The van der Waals surface area contributed by atoms with Crippen LogP contribution in [0.5, 0.6) is 0 Å². The molecule has 3 heterocycles. The fourth-order valence-electron chi connectivity index (χ4n) is 3.76. The van der Waals surface area contributed by atoms with E-state index >= 15 is 0 Å². The Balaban J connectivity index is 1.43. The molecule has 162 valence electrons. The summed E-state index contributed by atoms with van der Waals surface area (Å²) in [6.45, 7) is 4.89. The molecule has 2 amide bonds. The maximum Gasteiger partial charge on any atom is 0.287 e. The second kappa shape index (κ2) is 9.03. The fraction of sp³-hybridized carbons (Fsp3) is 0.364. The molecule has 31 heavy (non-hydrogen) atoms. The minimum absolute atomic E-state index is 0.241. The smallest absolute Gasteiger partial charge is 0.287 e. The zero-order valence-electron chi connectivity index (χ0n) is 17.6. The van der Waals surface area contributed by atoms with E-state index in [2.05, 4.69) is 20.8 Å². The molecule has 0 aromatic carbocycles. The monoisotopic (exact) mass is 423 g/mol. The molecule has 0 saturated carbocycles. The van der Waals surface area contributed by atoms with Crippen LogP contribution < -0.4 is 10.7 Å². The van der Waals surface area contributed by atoms with Gasteiger partial charge in [-0.05, 0) is 39.2 Å². The van der Waals surface area contributed by atoms with Gasteiger partial charge in [0.2, 0.25) is 0 Å². The van der Waals surface area contributed by atoms with Crippen LogP contribution in [0.25, 0.3) is 0 Å². The Bertz CT molecular complexity index is 1110. The van der Waals surface area contributed by atoms with E-state index in [1.54, 1.807) is 25.5 Å². The van der Waals surface area contributed by atoms with E-state index in [-0.39, 0.29) is 11.8 Å². The number of aryl methyl sites for hydroxylation is 3. The van der Waals surface area contributed by atoms with Crippen molar-refractivity contribution in [1.29, 1.82) is 0 Å². The van der Waals surface area contributed by atoms with Gasteiger partial charge in [-0.2, -0.15) is 5.10 Å². The number of nitrogens with one attached hydrogen (secondary N) is 2. The quantitative estimate of drug-likeness (QED) is 0.448. The average molecular weight is 423 g/mol. The topological polar surface area (TPSA) is 115 Å². The molecular formula is C22H25N5O4. The number of aromatic nitrogens is 2. The Kier molecular flexibility index (Phi) is 6.01. The maximum absolute atomic E-state index is 12.7. The standard InChI is InChI=1S/C22H25N5O4/c1-14-19-17(25-26-21(28)16-7-12-30-15(16)2)5-3-6-18(19)31-20(14)22(29)24-8-4-10-27-11-9-23-13-27/h7,9,11-13H,3-6,8,10H2,1-2H3,(H,24,29)(H,26,28)/b25-17+. The van der Waals surface area contributed by atoms with Crippen molar-refractivity contribution in [1.82, 2.24) is 20.3 Å². The number of amides is 2. The molecule has 0 spiro atoms. The van der Waals surface area contributed by atoms with Gasteiger partial charge in [-0.25, -0.2) is 10.4 Å². The number of nitrogens with zero attached hydrogens (tertiary/aromatic N) is 3. The molecule has 0 aliphatic heterocycles. The Morgan fingerprint density at radius 1 is 1.26 bits per heavy atom. The lowest BCUT2D eigenvalue weighted by molar-refractivity contribution is 0.0920. The van der Waals surface area contributed by atoms with Crippen LogP contribution in [-0.2, 0) is 13.0 Å². The van der Waals surface area contributed by atoms with Crippen molar-refractivity contribution in [3.8, 4) is 0 Å². The minimum Gasteiger partial charge on any atom is -0.469 e. The largest absolute Gasteiger partial charge is 0.469 e. The van der Waals surface area contributed by atoms with Crippen LogP contribution in [0.1, 0.15) is 62.8 Å². The van der Waals surface area contributed by atoms with E-state index in [0.29, 0.717) is 30.0 Å². The second-order valence-electron chi connectivity index (χ2n) is 7.51. The number of furan rings is 2. The second-order valence-corrected chi connectivity index (χ2v) is 7.51. The van der Waals surface area contributed by atoms with E-state index in [4.69, 9.17) is 8.83 Å². The van der Waals surface area contributed by atoms with Gasteiger partial charge in [-0.1, -0.05) is 0 Å². The van der Waals surface area contributed by atoms with Crippen LogP contribution in [0.4, 0.5) is 0 Å². The first-order valence-corrected chi connectivity index (χ1v) is 10.3. The van der Waals surface area contributed by atoms with Gasteiger partial charge in [0.05, 0.1) is 23.9 Å². The van der Waals surface area contributed by atoms with Gasteiger partial charge in [0.25, 0.3) is 11.8 Å². The third-order valence-corrected chi connectivity index (χ3v) is 5.37. The van der Waals surface area contributed by atoms with Crippen LogP contribution in [0.3, 0.4) is 0 Å². The van der Waals surface area contributed by atoms with E-state index in [0.717, 1.165) is 48.4 Å². The van der Waals surface area contributed by atoms with Crippen molar-refractivity contribution in [3.63, 3.8) is 0 Å². The summed E-state index contributed by atoms with van der Waals surface area (Å²) in [4.78, 5) is 29.0. The molecule has 2 N–H and O–H groups in total. The first kappa shape index (κ1) is 20.6.